The quantitative estimate of drug-likeness (QED) is 0.811. The molecule has 2 atom stereocenters. The number of ether oxygens (including phenoxy) is 1. The van der Waals surface area contributed by atoms with Gasteiger partial charge in [-0.3, -0.25) is 4.79 Å². The number of amides is 1. The normalized spacial score (nSPS) is 17.8. The molecule has 1 saturated heterocycles. The first-order chi connectivity index (χ1) is 10.1. The molecule has 5 nitrogen and oxygen atoms in total. The lowest BCUT2D eigenvalue weighted by molar-refractivity contribution is -0.123. The summed E-state index contributed by atoms with van der Waals surface area (Å²) in [6.45, 7) is 1.51. The predicted octanol–water partition coefficient (Wildman–Crippen LogP) is 2.01. The summed E-state index contributed by atoms with van der Waals surface area (Å²) in [6, 6.07) is 8.00. The molecule has 132 valence electrons. The Balaban J connectivity index is 0.00000242. The number of benzene rings is 1. The van der Waals surface area contributed by atoms with Crippen LogP contribution in [-0.4, -0.2) is 51.1 Å². The minimum atomic E-state index is -0.0366. The minimum Gasteiger partial charge on any atom is -0.496 e. The van der Waals surface area contributed by atoms with Gasteiger partial charge in [0.1, 0.15) is 5.75 Å². The fourth-order valence-corrected chi connectivity index (χ4v) is 2.74. The molecule has 0 aromatic heterocycles. The fraction of sp³-hybridized carbons (Fsp3) is 0.562. The van der Waals surface area contributed by atoms with Gasteiger partial charge in [-0.25, -0.2) is 0 Å². The predicted molar refractivity (Wildman–Crippen MR) is 98.0 cm³/mol. The molecule has 2 N–H and O–H groups in total. The van der Waals surface area contributed by atoms with E-state index in [0.29, 0.717) is 6.54 Å². The highest BCUT2D eigenvalue weighted by atomic mass is 35.5. The number of likely N-dealkylation sites (N-methyl/N-ethyl adjacent to an activating group) is 1. The van der Waals surface area contributed by atoms with Crippen molar-refractivity contribution in [1.82, 2.24) is 15.5 Å². The van der Waals surface area contributed by atoms with E-state index < -0.39 is 0 Å². The highest BCUT2D eigenvalue weighted by Gasteiger charge is 2.24. The van der Waals surface area contributed by atoms with Crippen molar-refractivity contribution in [3.8, 4) is 5.75 Å². The summed E-state index contributed by atoms with van der Waals surface area (Å²) in [6.07, 6.45) is 1.99. The number of hydrogen-bond acceptors (Lipinski definition) is 4. The van der Waals surface area contributed by atoms with Crippen molar-refractivity contribution in [1.29, 1.82) is 0 Å². The first-order valence-electron chi connectivity index (χ1n) is 7.44. The average molecular weight is 364 g/mol. The minimum absolute atomic E-state index is 0. The lowest BCUT2D eigenvalue weighted by atomic mass is 10.0. The van der Waals surface area contributed by atoms with Gasteiger partial charge in [-0.1, -0.05) is 18.2 Å². The van der Waals surface area contributed by atoms with Crippen molar-refractivity contribution in [3.63, 3.8) is 0 Å². The summed E-state index contributed by atoms with van der Waals surface area (Å²) >= 11 is 0. The largest absolute Gasteiger partial charge is 0.496 e. The number of nitrogens with one attached hydrogen (secondary N) is 2. The van der Waals surface area contributed by atoms with E-state index in [1.54, 1.807) is 7.11 Å². The Labute approximate surface area is 151 Å². The number of methoxy groups -OCH3 is 1. The van der Waals surface area contributed by atoms with Crippen molar-refractivity contribution in [3.05, 3.63) is 29.8 Å². The van der Waals surface area contributed by atoms with Gasteiger partial charge in [0.25, 0.3) is 0 Å². The standard InChI is InChI=1S/C16H25N3O2.2ClH/c1-19(2)14(12-7-4-5-9-15(12)21-3)11-18-16(20)13-8-6-10-17-13;;/h4-5,7,9,13-14,17H,6,8,10-11H2,1-3H3,(H,18,20);2*1H. The number of carbonyl (C=O) groups excluding carboxylic acids is 1. The number of nitrogens with zero attached hydrogens (tertiary/aromatic N) is 1. The van der Waals surface area contributed by atoms with Gasteiger partial charge < -0.3 is 20.3 Å². The smallest absolute Gasteiger partial charge is 0.237 e. The van der Waals surface area contributed by atoms with Gasteiger partial charge >= 0.3 is 0 Å². The number of para-hydroxylation sites is 1. The third-order valence-electron chi connectivity index (χ3n) is 3.97. The second-order valence-electron chi connectivity index (χ2n) is 5.62. The zero-order valence-corrected chi connectivity index (χ0v) is 15.5. The molecule has 1 aliphatic heterocycles. The van der Waals surface area contributed by atoms with Crippen LogP contribution >= 0.6 is 24.8 Å². The van der Waals surface area contributed by atoms with Gasteiger partial charge in [0.2, 0.25) is 5.91 Å². The summed E-state index contributed by atoms with van der Waals surface area (Å²) in [4.78, 5) is 14.2. The van der Waals surface area contributed by atoms with Crippen LogP contribution in [0.3, 0.4) is 0 Å². The van der Waals surface area contributed by atoms with E-state index in [2.05, 4.69) is 15.5 Å². The van der Waals surface area contributed by atoms with Gasteiger partial charge in [0.15, 0.2) is 0 Å². The van der Waals surface area contributed by atoms with Crippen LogP contribution in [0.2, 0.25) is 0 Å². The third kappa shape index (κ3) is 5.84. The van der Waals surface area contributed by atoms with Crippen molar-refractivity contribution in [2.45, 2.75) is 24.9 Å². The van der Waals surface area contributed by atoms with E-state index in [4.69, 9.17) is 4.74 Å². The second kappa shape index (κ2) is 10.7. The number of hydrogen-bond donors (Lipinski definition) is 2. The summed E-state index contributed by atoms with van der Waals surface area (Å²) < 4.78 is 5.43. The second-order valence-corrected chi connectivity index (χ2v) is 5.62. The summed E-state index contributed by atoms with van der Waals surface area (Å²) in [5.74, 6) is 0.943. The van der Waals surface area contributed by atoms with Gasteiger partial charge in [0.05, 0.1) is 19.2 Å². The molecule has 7 heteroatoms. The van der Waals surface area contributed by atoms with Crippen LogP contribution in [0.4, 0.5) is 0 Å². The molecule has 2 rings (SSSR count). The zero-order chi connectivity index (χ0) is 15.2. The summed E-state index contributed by atoms with van der Waals surface area (Å²) in [5.41, 5.74) is 1.09. The lowest BCUT2D eigenvalue weighted by Crippen LogP contribution is -2.43. The molecule has 0 saturated carbocycles. The number of carbonyl (C=O) groups is 1. The van der Waals surface area contributed by atoms with Gasteiger partial charge in [-0.05, 0) is 39.5 Å². The van der Waals surface area contributed by atoms with E-state index in [1.165, 1.54) is 0 Å². The molecule has 2 unspecified atom stereocenters. The number of rotatable bonds is 6. The molecule has 0 aliphatic carbocycles. The Morgan fingerprint density at radius 1 is 1.39 bits per heavy atom. The van der Waals surface area contributed by atoms with E-state index in [0.717, 1.165) is 30.7 Å². The first kappa shape index (κ1) is 22.0. The molecular formula is C16H27Cl2N3O2. The van der Waals surface area contributed by atoms with Crippen LogP contribution in [0.15, 0.2) is 24.3 Å². The topological polar surface area (TPSA) is 53.6 Å². The maximum absolute atomic E-state index is 12.1. The molecule has 1 heterocycles. The van der Waals surface area contributed by atoms with Crippen LogP contribution in [-0.2, 0) is 4.79 Å². The first-order valence-corrected chi connectivity index (χ1v) is 7.44. The van der Waals surface area contributed by atoms with Crippen LogP contribution in [0.25, 0.3) is 0 Å². The van der Waals surface area contributed by atoms with Gasteiger partial charge in [-0.2, -0.15) is 0 Å². The average Bonchev–Trinajstić information content (AvgIpc) is 3.01. The molecule has 23 heavy (non-hydrogen) atoms. The molecular weight excluding hydrogens is 337 g/mol. The van der Waals surface area contributed by atoms with Gasteiger partial charge in [-0.15, -0.1) is 24.8 Å². The maximum atomic E-state index is 12.1. The molecule has 0 radical (unpaired) electrons. The fourth-order valence-electron chi connectivity index (χ4n) is 2.74. The van der Waals surface area contributed by atoms with Crippen LogP contribution < -0.4 is 15.4 Å². The van der Waals surface area contributed by atoms with Crippen LogP contribution in [0.1, 0.15) is 24.4 Å². The van der Waals surface area contributed by atoms with Crippen molar-refractivity contribution in [2.24, 2.45) is 0 Å². The van der Waals surface area contributed by atoms with E-state index in [-0.39, 0.29) is 42.8 Å². The Morgan fingerprint density at radius 3 is 2.65 bits per heavy atom. The monoisotopic (exact) mass is 363 g/mol. The summed E-state index contributed by atoms with van der Waals surface area (Å²) in [5, 5.41) is 6.28. The lowest BCUT2D eigenvalue weighted by Gasteiger charge is -2.27. The molecule has 1 amide bonds. The highest BCUT2D eigenvalue weighted by molar-refractivity contribution is 5.85. The Morgan fingerprint density at radius 2 is 2.09 bits per heavy atom. The molecule has 1 aliphatic rings. The Hall–Kier alpha value is -1.01. The van der Waals surface area contributed by atoms with E-state index >= 15 is 0 Å². The zero-order valence-electron chi connectivity index (χ0n) is 13.9. The molecule has 1 aromatic rings. The number of halogens is 2. The van der Waals surface area contributed by atoms with E-state index in [9.17, 15) is 4.79 Å². The molecule has 0 bridgehead atoms. The van der Waals surface area contributed by atoms with E-state index in [1.807, 2.05) is 38.4 Å². The third-order valence-corrected chi connectivity index (χ3v) is 3.97. The maximum Gasteiger partial charge on any atom is 0.237 e. The summed E-state index contributed by atoms with van der Waals surface area (Å²) in [7, 11) is 5.70. The van der Waals surface area contributed by atoms with Crippen LogP contribution in [0.5, 0.6) is 5.75 Å². The highest BCUT2D eigenvalue weighted by Crippen LogP contribution is 2.27. The van der Waals surface area contributed by atoms with Crippen LogP contribution in [0, 0.1) is 0 Å². The van der Waals surface area contributed by atoms with Crippen molar-refractivity contribution in [2.75, 3.05) is 34.3 Å². The molecule has 1 aromatic carbocycles. The molecule has 1 fully saturated rings. The Bertz CT molecular complexity index is 480. The SMILES string of the molecule is COc1ccccc1C(CNC(=O)C1CCCN1)N(C)C.Cl.Cl. The van der Waals surface area contributed by atoms with Gasteiger partial charge in [0, 0.05) is 12.1 Å². The van der Waals surface area contributed by atoms with Crippen molar-refractivity contribution < 1.29 is 9.53 Å². The Kier molecular flexibility index (Phi) is 10.2. The van der Waals surface area contributed by atoms with Crippen molar-refractivity contribution >= 4 is 30.7 Å². The molecule has 0 spiro atoms.